The van der Waals surface area contributed by atoms with Crippen LogP contribution >= 0.6 is 0 Å². The van der Waals surface area contributed by atoms with Crippen LogP contribution in [0.25, 0.3) is 0 Å². The van der Waals surface area contributed by atoms with Crippen LogP contribution in [0.2, 0.25) is 0 Å². The molecule has 1 amide bonds. The van der Waals surface area contributed by atoms with Crippen molar-refractivity contribution in [3.8, 4) is 6.07 Å². The van der Waals surface area contributed by atoms with Gasteiger partial charge >= 0.3 is 6.09 Å². The number of nitrogens with zero attached hydrogens (tertiary/aromatic N) is 4. The number of aryl methyl sites for hydroxylation is 1. The van der Waals surface area contributed by atoms with E-state index in [1.165, 1.54) is 0 Å². The fourth-order valence-corrected chi connectivity index (χ4v) is 3.92. The number of rotatable bonds is 5. The molecule has 0 saturated heterocycles. The zero-order valence-corrected chi connectivity index (χ0v) is 16.9. The molecule has 7 heteroatoms. The van der Waals surface area contributed by atoms with Crippen molar-refractivity contribution >= 4 is 11.8 Å². The van der Waals surface area contributed by atoms with E-state index in [2.05, 4.69) is 27.5 Å². The third-order valence-electron chi connectivity index (χ3n) is 5.00. The lowest BCUT2D eigenvalue weighted by Gasteiger charge is -2.47. The van der Waals surface area contributed by atoms with E-state index in [-0.39, 0.29) is 5.41 Å². The average Bonchev–Trinajstić information content (AvgIpc) is 2.96. The quantitative estimate of drug-likeness (QED) is 0.846. The number of amides is 1. The second kappa shape index (κ2) is 7.63. The molecule has 1 N–H and O–H groups in total. The number of ether oxygens (including phenoxy) is 1. The number of nitriles is 1. The number of hydrogen-bond donors (Lipinski definition) is 1. The van der Waals surface area contributed by atoms with Gasteiger partial charge in [-0.1, -0.05) is 12.1 Å². The Balaban J connectivity index is 1.81. The third kappa shape index (κ3) is 4.69. The summed E-state index contributed by atoms with van der Waals surface area (Å²) in [7, 11) is 1.85. The van der Waals surface area contributed by atoms with Gasteiger partial charge in [0.2, 0.25) is 0 Å². The summed E-state index contributed by atoms with van der Waals surface area (Å²) in [5, 5.41) is 16.3. The van der Waals surface area contributed by atoms with E-state index in [1.54, 1.807) is 11.0 Å². The molecule has 1 heterocycles. The largest absolute Gasteiger partial charge is 0.444 e. The Kier molecular flexibility index (Phi) is 5.41. The number of aromatic nitrogens is 3. The molecule has 1 aliphatic rings. The van der Waals surface area contributed by atoms with Crippen molar-refractivity contribution in [1.82, 2.24) is 14.8 Å². The van der Waals surface area contributed by atoms with Gasteiger partial charge in [0.25, 0.3) is 0 Å². The fourth-order valence-electron chi connectivity index (χ4n) is 3.92. The SMILES string of the molecule is Cn1cnc(CC2(c3cccc(NC(=O)OC(C)(C)C)c3)CC(CC#N)C2)n1. The van der Waals surface area contributed by atoms with Crippen LogP contribution in [-0.4, -0.2) is 26.5 Å². The average molecular weight is 381 g/mol. The van der Waals surface area contributed by atoms with Crippen LogP contribution in [-0.2, 0) is 23.6 Å². The van der Waals surface area contributed by atoms with Crippen molar-refractivity contribution in [3.05, 3.63) is 42.0 Å². The fraction of sp³-hybridized carbons (Fsp3) is 0.524. The Morgan fingerprint density at radius 2 is 2.18 bits per heavy atom. The summed E-state index contributed by atoms with van der Waals surface area (Å²) in [5.74, 6) is 1.18. The second-order valence-electron chi connectivity index (χ2n) is 8.64. The summed E-state index contributed by atoms with van der Waals surface area (Å²) in [6, 6.07) is 10.1. The molecule has 0 unspecified atom stereocenters. The number of carbonyl (C=O) groups is 1. The zero-order chi connectivity index (χ0) is 20.4. The minimum atomic E-state index is -0.550. The topological polar surface area (TPSA) is 92.8 Å². The van der Waals surface area contributed by atoms with Crippen molar-refractivity contribution in [2.45, 2.75) is 57.5 Å². The highest BCUT2D eigenvalue weighted by Gasteiger charge is 2.46. The van der Waals surface area contributed by atoms with Crippen molar-refractivity contribution in [3.63, 3.8) is 0 Å². The summed E-state index contributed by atoms with van der Waals surface area (Å²) in [5.41, 5.74) is 1.16. The van der Waals surface area contributed by atoms with Crippen LogP contribution in [0.5, 0.6) is 0 Å². The minimum absolute atomic E-state index is 0.117. The lowest BCUT2D eigenvalue weighted by atomic mass is 9.56. The molecular weight excluding hydrogens is 354 g/mol. The van der Waals surface area contributed by atoms with E-state index in [0.717, 1.165) is 24.2 Å². The standard InChI is InChI=1S/C21H27N5O2/c1-20(2,3)28-19(27)24-17-7-5-6-16(10-17)21(11-15(12-21)8-9-22)13-18-23-14-26(4)25-18/h5-7,10,14-15H,8,11-13H2,1-4H3,(H,24,27). The maximum Gasteiger partial charge on any atom is 0.412 e. The summed E-state index contributed by atoms with van der Waals surface area (Å²) < 4.78 is 7.05. The van der Waals surface area contributed by atoms with E-state index < -0.39 is 11.7 Å². The Morgan fingerprint density at radius 3 is 2.79 bits per heavy atom. The number of anilines is 1. The molecule has 2 aromatic rings. The van der Waals surface area contributed by atoms with Crippen molar-refractivity contribution in [1.29, 1.82) is 5.26 Å². The molecule has 1 fully saturated rings. The number of benzene rings is 1. The van der Waals surface area contributed by atoms with E-state index in [1.807, 2.05) is 46.0 Å². The predicted octanol–water partition coefficient (Wildman–Crippen LogP) is 3.97. The lowest BCUT2D eigenvalue weighted by molar-refractivity contribution is 0.0636. The van der Waals surface area contributed by atoms with Gasteiger partial charge in [-0.05, 0) is 57.2 Å². The molecule has 1 aliphatic carbocycles. The van der Waals surface area contributed by atoms with Crippen LogP contribution in [0.3, 0.4) is 0 Å². The van der Waals surface area contributed by atoms with E-state index in [0.29, 0.717) is 24.4 Å². The van der Waals surface area contributed by atoms with Crippen LogP contribution in [0.4, 0.5) is 10.5 Å². The number of carbonyl (C=O) groups excluding carboxylic acids is 1. The highest BCUT2D eigenvalue weighted by molar-refractivity contribution is 5.85. The molecule has 28 heavy (non-hydrogen) atoms. The highest BCUT2D eigenvalue weighted by atomic mass is 16.6. The first kappa shape index (κ1) is 19.9. The zero-order valence-electron chi connectivity index (χ0n) is 16.9. The second-order valence-corrected chi connectivity index (χ2v) is 8.64. The van der Waals surface area contributed by atoms with E-state index in [4.69, 9.17) is 10.00 Å². The molecule has 0 radical (unpaired) electrons. The first-order valence-electron chi connectivity index (χ1n) is 9.51. The maximum atomic E-state index is 12.1. The van der Waals surface area contributed by atoms with Gasteiger partial charge in [0.15, 0.2) is 5.82 Å². The van der Waals surface area contributed by atoms with E-state index in [9.17, 15) is 4.79 Å². The first-order valence-corrected chi connectivity index (χ1v) is 9.51. The molecule has 148 valence electrons. The lowest BCUT2D eigenvalue weighted by Crippen LogP contribution is -2.43. The summed E-state index contributed by atoms with van der Waals surface area (Å²) in [6.07, 6.45) is 4.33. The summed E-state index contributed by atoms with van der Waals surface area (Å²) in [4.78, 5) is 16.5. The first-order chi connectivity index (χ1) is 13.2. The monoisotopic (exact) mass is 381 g/mol. The van der Waals surface area contributed by atoms with Gasteiger partial charge in [-0.15, -0.1) is 0 Å². The van der Waals surface area contributed by atoms with Gasteiger partial charge in [-0.3, -0.25) is 10.00 Å². The summed E-state index contributed by atoms with van der Waals surface area (Å²) >= 11 is 0. The Hall–Kier alpha value is -2.88. The molecule has 1 aromatic heterocycles. The van der Waals surface area contributed by atoms with Crippen LogP contribution in [0, 0.1) is 17.2 Å². The highest BCUT2D eigenvalue weighted by Crippen LogP contribution is 2.51. The minimum Gasteiger partial charge on any atom is -0.444 e. The van der Waals surface area contributed by atoms with Gasteiger partial charge < -0.3 is 4.74 Å². The van der Waals surface area contributed by atoms with Gasteiger partial charge in [0, 0.05) is 31.0 Å². The predicted molar refractivity (Wildman–Crippen MR) is 106 cm³/mol. The van der Waals surface area contributed by atoms with Crippen molar-refractivity contribution in [2.75, 3.05) is 5.32 Å². The molecule has 1 saturated carbocycles. The van der Waals surface area contributed by atoms with Gasteiger partial charge in [0.1, 0.15) is 11.9 Å². The van der Waals surface area contributed by atoms with Gasteiger partial charge in [-0.25, -0.2) is 9.78 Å². The molecule has 0 aliphatic heterocycles. The molecule has 1 aromatic carbocycles. The normalized spacial score (nSPS) is 21.5. The Bertz CT molecular complexity index is 885. The molecule has 0 bridgehead atoms. The van der Waals surface area contributed by atoms with Crippen LogP contribution in [0.15, 0.2) is 30.6 Å². The van der Waals surface area contributed by atoms with Crippen LogP contribution in [0.1, 0.15) is 51.4 Å². The number of nitrogens with one attached hydrogen (secondary N) is 1. The van der Waals surface area contributed by atoms with Crippen LogP contribution < -0.4 is 5.32 Å². The summed E-state index contributed by atoms with van der Waals surface area (Å²) in [6.45, 7) is 5.50. The maximum absolute atomic E-state index is 12.1. The van der Waals surface area contributed by atoms with E-state index >= 15 is 0 Å². The molecule has 0 atom stereocenters. The smallest absolute Gasteiger partial charge is 0.412 e. The van der Waals surface area contributed by atoms with Gasteiger partial charge in [-0.2, -0.15) is 10.4 Å². The Morgan fingerprint density at radius 1 is 1.43 bits per heavy atom. The Labute approximate surface area is 165 Å². The number of hydrogen-bond acceptors (Lipinski definition) is 5. The molecule has 3 rings (SSSR count). The van der Waals surface area contributed by atoms with Crippen molar-refractivity contribution < 1.29 is 9.53 Å². The molecule has 7 nitrogen and oxygen atoms in total. The van der Waals surface area contributed by atoms with Gasteiger partial charge in [0.05, 0.1) is 6.07 Å². The molecular formula is C21H27N5O2. The molecule has 0 spiro atoms. The van der Waals surface area contributed by atoms with Crippen molar-refractivity contribution in [2.24, 2.45) is 13.0 Å². The third-order valence-corrected chi connectivity index (χ3v) is 5.00.